The number of nitrogens with zero attached hydrogens (tertiary/aromatic N) is 3. The zero-order chi connectivity index (χ0) is 19.1. The van der Waals surface area contributed by atoms with Gasteiger partial charge < -0.3 is 20.3 Å². The molecule has 0 radical (unpaired) electrons. The van der Waals surface area contributed by atoms with Crippen LogP contribution in [0.5, 0.6) is 0 Å². The van der Waals surface area contributed by atoms with Crippen LogP contribution < -0.4 is 16.1 Å². The molecule has 4 fully saturated rings. The molecule has 142 valence electrons. The van der Waals surface area contributed by atoms with Gasteiger partial charge in [0.2, 0.25) is 5.43 Å². The molecule has 0 amide bonds. The van der Waals surface area contributed by atoms with Crippen molar-refractivity contribution in [1.82, 2.24) is 9.55 Å². The molecule has 8 heteroatoms. The normalized spacial score (nSPS) is 31.7. The molecule has 6 rings (SSSR count). The van der Waals surface area contributed by atoms with Gasteiger partial charge in [-0.15, -0.1) is 0 Å². The van der Waals surface area contributed by atoms with E-state index in [0.29, 0.717) is 24.7 Å². The lowest BCUT2D eigenvalue weighted by Crippen LogP contribution is -2.59. The number of nitrogens with two attached hydrogens (primary N) is 1. The first-order chi connectivity index (χ1) is 12.8. The van der Waals surface area contributed by atoms with E-state index in [-0.39, 0.29) is 34.3 Å². The monoisotopic (exact) mass is 372 g/mol. The first-order valence-electron chi connectivity index (χ1n) is 9.29. The highest BCUT2D eigenvalue weighted by molar-refractivity contribution is 5.92. The summed E-state index contributed by atoms with van der Waals surface area (Å²) in [7, 11) is 0. The molecular formula is C19H21FN4O3. The fraction of sp³-hybridized carbons (Fsp3) is 0.526. The minimum Gasteiger partial charge on any atom is -0.477 e. The average Bonchev–Trinajstić information content (AvgIpc) is 2.85. The van der Waals surface area contributed by atoms with E-state index < -0.39 is 17.2 Å². The first kappa shape index (κ1) is 16.7. The maximum Gasteiger partial charge on any atom is 0.341 e. The predicted molar refractivity (Wildman–Crippen MR) is 97.6 cm³/mol. The molecule has 2 aromatic rings. The van der Waals surface area contributed by atoms with Crippen molar-refractivity contribution in [3.8, 4) is 0 Å². The molecule has 1 aliphatic heterocycles. The van der Waals surface area contributed by atoms with E-state index in [1.165, 1.54) is 6.20 Å². The molecular weight excluding hydrogens is 351 g/mol. The maximum absolute atomic E-state index is 14.8. The van der Waals surface area contributed by atoms with Gasteiger partial charge in [-0.25, -0.2) is 14.2 Å². The smallest absolute Gasteiger partial charge is 0.341 e. The number of hydrogen-bond donors (Lipinski definition) is 2. The highest BCUT2D eigenvalue weighted by atomic mass is 19.1. The molecule has 3 aliphatic carbocycles. The summed E-state index contributed by atoms with van der Waals surface area (Å²) in [4.78, 5) is 30.5. The van der Waals surface area contributed by atoms with Gasteiger partial charge in [-0.05, 0) is 37.2 Å². The lowest BCUT2D eigenvalue weighted by Gasteiger charge is -2.62. The van der Waals surface area contributed by atoms with Crippen LogP contribution in [0.4, 0.5) is 10.2 Å². The number of halogens is 1. The third-order valence-corrected chi connectivity index (χ3v) is 6.63. The van der Waals surface area contributed by atoms with Gasteiger partial charge in [0.25, 0.3) is 0 Å². The molecule has 7 nitrogen and oxygen atoms in total. The number of rotatable bonds is 3. The van der Waals surface area contributed by atoms with E-state index in [2.05, 4.69) is 4.98 Å². The Kier molecular flexibility index (Phi) is 3.26. The molecule has 2 atom stereocenters. The summed E-state index contributed by atoms with van der Waals surface area (Å²) in [6, 6.07) is 1.08. The van der Waals surface area contributed by atoms with Crippen LogP contribution in [-0.2, 0) is 5.54 Å². The Hall–Kier alpha value is -2.48. The van der Waals surface area contributed by atoms with Crippen molar-refractivity contribution in [2.45, 2.75) is 37.8 Å². The third-order valence-electron chi connectivity index (χ3n) is 6.63. The molecule has 2 bridgehead atoms. The SMILES string of the molecule is C[C@H]1CN(c2nc3c(cc2F)c(=O)c(C(=O)O)cn3C23CC(C2)C3)C[C@H]1N. The molecule has 0 unspecified atom stereocenters. The second-order valence-electron chi connectivity index (χ2n) is 8.46. The standard InChI is InChI=1S/C19H21FN4O3/c1-9-6-23(8-14(9)21)17-13(20)2-11-15(25)12(18(26)27)7-24(16(11)22-17)19-3-10(4-19)5-19/h2,7,9-10,14H,3-6,8,21H2,1H3,(H,26,27)/t9-,10?,14+,19?/m0/s1. The van der Waals surface area contributed by atoms with E-state index in [1.54, 1.807) is 0 Å². The summed E-state index contributed by atoms with van der Waals surface area (Å²) < 4.78 is 16.6. The van der Waals surface area contributed by atoms with Gasteiger partial charge in [0.05, 0.1) is 5.39 Å². The lowest BCUT2D eigenvalue weighted by atomic mass is 9.49. The molecule has 3 heterocycles. The van der Waals surface area contributed by atoms with Crippen LogP contribution in [0.1, 0.15) is 36.5 Å². The van der Waals surface area contributed by atoms with E-state index >= 15 is 0 Å². The van der Waals surface area contributed by atoms with Gasteiger partial charge in [-0.2, -0.15) is 0 Å². The average molecular weight is 372 g/mol. The third kappa shape index (κ3) is 2.19. The molecule has 3 N–H and O–H groups in total. The van der Waals surface area contributed by atoms with Crippen LogP contribution in [0.2, 0.25) is 0 Å². The van der Waals surface area contributed by atoms with Crippen molar-refractivity contribution in [2.24, 2.45) is 17.6 Å². The number of carbonyl (C=O) groups is 1. The van der Waals surface area contributed by atoms with Crippen LogP contribution in [0.25, 0.3) is 11.0 Å². The number of carboxylic acid groups (broad SMARTS) is 1. The second-order valence-corrected chi connectivity index (χ2v) is 8.46. The number of anilines is 1. The first-order valence-corrected chi connectivity index (χ1v) is 9.29. The van der Waals surface area contributed by atoms with Crippen LogP contribution in [0.15, 0.2) is 17.1 Å². The molecule has 2 aromatic heterocycles. The van der Waals surface area contributed by atoms with Gasteiger partial charge in [-0.1, -0.05) is 6.92 Å². The van der Waals surface area contributed by atoms with Crippen LogP contribution in [0, 0.1) is 17.7 Å². The Bertz CT molecular complexity index is 1020. The molecule has 4 aliphatic rings. The lowest BCUT2D eigenvalue weighted by molar-refractivity contribution is -0.0864. The van der Waals surface area contributed by atoms with Gasteiger partial charge >= 0.3 is 5.97 Å². The number of carboxylic acids is 1. The Morgan fingerprint density at radius 3 is 2.59 bits per heavy atom. The van der Waals surface area contributed by atoms with E-state index in [0.717, 1.165) is 25.3 Å². The van der Waals surface area contributed by atoms with Crippen molar-refractivity contribution in [3.63, 3.8) is 0 Å². The zero-order valence-corrected chi connectivity index (χ0v) is 15.0. The fourth-order valence-electron chi connectivity index (χ4n) is 4.84. The molecule has 3 saturated carbocycles. The molecule has 0 spiro atoms. The Morgan fingerprint density at radius 1 is 1.37 bits per heavy atom. The number of hydrogen-bond acceptors (Lipinski definition) is 5. The van der Waals surface area contributed by atoms with Crippen molar-refractivity contribution in [1.29, 1.82) is 0 Å². The largest absolute Gasteiger partial charge is 0.477 e. The summed E-state index contributed by atoms with van der Waals surface area (Å²) >= 11 is 0. The highest BCUT2D eigenvalue weighted by Crippen LogP contribution is 2.62. The summed E-state index contributed by atoms with van der Waals surface area (Å²) in [6.07, 6.45) is 4.24. The molecule has 0 aromatic carbocycles. The van der Waals surface area contributed by atoms with Crippen molar-refractivity contribution < 1.29 is 14.3 Å². The van der Waals surface area contributed by atoms with Gasteiger partial charge in [-0.3, -0.25) is 4.79 Å². The summed E-state index contributed by atoms with van der Waals surface area (Å²) in [5, 5.41) is 9.45. The van der Waals surface area contributed by atoms with Crippen molar-refractivity contribution in [2.75, 3.05) is 18.0 Å². The summed E-state index contributed by atoms with van der Waals surface area (Å²) in [5.41, 5.74) is 5.23. The Morgan fingerprint density at radius 2 is 2.07 bits per heavy atom. The van der Waals surface area contributed by atoms with Crippen LogP contribution in [-0.4, -0.2) is 39.8 Å². The van der Waals surface area contributed by atoms with Gasteiger partial charge in [0.15, 0.2) is 11.6 Å². The minimum absolute atomic E-state index is 0.0254. The van der Waals surface area contributed by atoms with Crippen molar-refractivity contribution in [3.05, 3.63) is 33.9 Å². The van der Waals surface area contributed by atoms with E-state index in [9.17, 15) is 19.1 Å². The van der Waals surface area contributed by atoms with Crippen LogP contribution >= 0.6 is 0 Å². The molecule has 27 heavy (non-hydrogen) atoms. The second kappa shape index (κ2) is 5.28. The summed E-state index contributed by atoms with van der Waals surface area (Å²) in [6.45, 7) is 3.11. The predicted octanol–water partition coefficient (Wildman–Crippen LogP) is 1.53. The summed E-state index contributed by atoms with van der Waals surface area (Å²) in [5.74, 6) is -0.857. The maximum atomic E-state index is 14.8. The quantitative estimate of drug-likeness (QED) is 0.847. The van der Waals surface area contributed by atoms with Gasteiger partial charge in [0, 0.05) is 30.9 Å². The van der Waals surface area contributed by atoms with E-state index in [4.69, 9.17) is 5.73 Å². The number of aromatic carboxylic acids is 1. The number of aromatic nitrogens is 2. The minimum atomic E-state index is -1.30. The topological polar surface area (TPSA) is 101 Å². The Labute approximate surface area is 154 Å². The zero-order valence-electron chi connectivity index (χ0n) is 15.0. The van der Waals surface area contributed by atoms with Crippen LogP contribution in [0.3, 0.4) is 0 Å². The highest BCUT2D eigenvalue weighted by Gasteiger charge is 2.58. The fourth-order valence-corrected chi connectivity index (χ4v) is 4.84. The molecule has 1 saturated heterocycles. The van der Waals surface area contributed by atoms with Gasteiger partial charge in [0.1, 0.15) is 11.2 Å². The number of fused-ring (bicyclic) bond motifs is 1. The number of pyridine rings is 2. The Balaban J connectivity index is 1.74. The van der Waals surface area contributed by atoms with E-state index in [1.807, 2.05) is 16.4 Å². The van der Waals surface area contributed by atoms with Crippen molar-refractivity contribution >= 4 is 22.8 Å².